The van der Waals surface area contributed by atoms with Gasteiger partial charge in [0.2, 0.25) is 0 Å². The molecule has 0 unspecified atom stereocenters. The van der Waals surface area contributed by atoms with Gasteiger partial charge in [-0.15, -0.1) is 0 Å². The van der Waals surface area contributed by atoms with Crippen LogP contribution in [0.15, 0.2) is 0 Å². The number of ether oxygens (including phenoxy) is 2. The third-order valence-corrected chi connectivity index (χ3v) is 0.828. The van der Waals surface area contributed by atoms with Crippen LogP contribution in [-0.4, -0.2) is 29.8 Å². The molecule has 0 aliphatic rings. The predicted octanol–water partition coefficient (Wildman–Crippen LogP) is 1.43. The normalized spacial score (nSPS) is 8.60. The summed E-state index contributed by atoms with van der Waals surface area (Å²) in [4.78, 5) is 29.3. The summed E-state index contributed by atoms with van der Waals surface area (Å²) in [5, 5.41) is 7.94. The van der Waals surface area contributed by atoms with E-state index in [9.17, 15) is 14.4 Å². The smallest absolute Gasteiger partial charge is 0.450 e. The number of hydrogen-bond donors (Lipinski definition) is 1. The van der Waals surface area contributed by atoms with Crippen LogP contribution in [0.25, 0.3) is 0 Å². The Balaban J connectivity index is 0. The van der Waals surface area contributed by atoms with E-state index in [0.29, 0.717) is 0 Å². The molecular weight excluding hydrogens is 204 g/mol. The molecule has 15 heavy (non-hydrogen) atoms. The van der Waals surface area contributed by atoms with Crippen molar-refractivity contribution in [3.63, 3.8) is 0 Å². The molecule has 1 N–H and O–H groups in total. The Hall–Kier alpha value is -1.59. The highest BCUT2D eigenvalue weighted by Gasteiger charge is 1.97. The van der Waals surface area contributed by atoms with Gasteiger partial charge in [-0.05, 0) is 5.92 Å². The molecule has 0 rings (SSSR count). The predicted molar refractivity (Wildman–Crippen MR) is 51.3 cm³/mol. The molecule has 0 radical (unpaired) electrons. The molecule has 0 aliphatic heterocycles. The van der Waals surface area contributed by atoms with Crippen molar-refractivity contribution < 1.29 is 29.0 Å². The lowest BCUT2D eigenvalue weighted by Gasteiger charge is -2.00. The second-order valence-electron chi connectivity index (χ2n) is 3.06. The van der Waals surface area contributed by atoms with E-state index in [1.54, 1.807) is 0 Å². The lowest BCUT2D eigenvalue weighted by Crippen LogP contribution is -2.06. The molecule has 0 saturated heterocycles. The fraction of sp³-hybridized carbons (Fsp3) is 0.667. The monoisotopic (exact) mass is 220 g/mol. The molecular formula is C9H16O6. The number of carboxylic acid groups (broad SMARTS) is 1. The number of carbonyl (C=O) groups is 3. The molecule has 0 atom stereocenters. The highest BCUT2D eigenvalue weighted by molar-refractivity contribution is 5.82. The van der Waals surface area contributed by atoms with Crippen molar-refractivity contribution in [3.8, 4) is 0 Å². The SMILES string of the molecule is CC(=O)OC(C)=O.CC(C)COC(=O)O. The maximum Gasteiger partial charge on any atom is 0.505 e. The largest absolute Gasteiger partial charge is 0.505 e. The van der Waals surface area contributed by atoms with Crippen molar-refractivity contribution in [2.45, 2.75) is 27.7 Å². The first-order valence-electron chi connectivity index (χ1n) is 4.30. The van der Waals surface area contributed by atoms with Gasteiger partial charge in [-0.2, -0.15) is 0 Å². The van der Waals surface area contributed by atoms with Gasteiger partial charge in [0.05, 0.1) is 6.61 Å². The van der Waals surface area contributed by atoms with Gasteiger partial charge in [0.25, 0.3) is 0 Å². The summed E-state index contributed by atoms with van der Waals surface area (Å²) >= 11 is 0. The van der Waals surface area contributed by atoms with E-state index in [-0.39, 0.29) is 12.5 Å². The van der Waals surface area contributed by atoms with Gasteiger partial charge >= 0.3 is 18.1 Å². The first-order chi connectivity index (χ1) is 6.75. The van der Waals surface area contributed by atoms with Crippen LogP contribution in [0.4, 0.5) is 4.79 Å². The van der Waals surface area contributed by atoms with Gasteiger partial charge in [0.1, 0.15) is 0 Å². The molecule has 0 aromatic heterocycles. The zero-order valence-electron chi connectivity index (χ0n) is 9.27. The average molecular weight is 220 g/mol. The molecule has 0 fully saturated rings. The molecule has 0 aromatic carbocycles. The first kappa shape index (κ1) is 15.9. The highest BCUT2D eigenvalue weighted by atomic mass is 16.7. The molecule has 0 heterocycles. The molecule has 6 heteroatoms. The Kier molecular flexibility index (Phi) is 9.50. The zero-order chi connectivity index (χ0) is 12.4. The number of carbonyl (C=O) groups excluding carboxylic acids is 2. The van der Waals surface area contributed by atoms with Crippen LogP contribution in [0, 0.1) is 5.92 Å². The summed E-state index contributed by atoms with van der Waals surface area (Å²) < 4.78 is 8.19. The van der Waals surface area contributed by atoms with Crippen molar-refractivity contribution in [1.29, 1.82) is 0 Å². The summed E-state index contributed by atoms with van der Waals surface area (Å²) in [6.45, 7) is 6.43. The molecule has 6 nitrogen and oxygen atoms in total. The second-order valence-corrected chi connectivity index (χ2v) is 3.06. The molecule has 0 amide bonds. The third kappa shape index (κ3) is 24.5. The van der Waals surface area contributed by atoms with E-state index >= 15 is 0 Å². The topological polar surface area (TPSA) is 89.9 Å². The van der Waals surface area contributed by atoms with Gasteiger partial charge in [-0.1, -0.05) is 13.8 Å². The maximum absolute atomic E-state index is 9.81. The number of rotatable bonds is 2. The minimum Gasteiger partial charge on any atom is -0.450 e. The van der Waals surface area contributed by atoms with Gasteiger partial charge in [0, 0.05) is 13.8 Å². The van der Waals surface area contributed by atoms with Gasteiger partial charge in [-0.25, -0.2) is 4.79 Å². The Morgan fingerprint density at radius 3 is 1.60 bits per heavy atom. The van der Waals surface area contributed by atoms with Crippen LogP contribution < -0.4 is 0 Å². The van der Waals surface area contributed by atoms with Gasteiger partial charge < -0.3 is 14.6 Å². The molecule has 0 saturated carbocycles. The van der Waals surface area contributed by atoms with Crippen molar-refractivity contribution in [2.75, 3.05) is 6.61 Å². The van der Waals surface area contributed by atoms with Crippen molar-refractivity contribution in [3.05, 3.63) is 0 Å². The fourth-order valence-electron chi connectivity index (χ4n) is 0.440. The summed E-state index contributed by atoms with van der Waals surface area (Å²) in [6, 6.07) is 0. The highest BCUT2D eigenvalue weighted by Crippen LogP contribution is 1.91. The van der Waals surface area contributed by atoms with Crippen molar-refractivity contribution in [1.82, 2.24) is 0 Å². The molecule has 0 aromatic rings. The van der Waals surface area contributed by atoms with E-state index in [0.717, 1.165) is 0 Å². The Morgan fingerprint density at radius 2 is 1.53 bits per heavy atom. The van der Waals surface area contributed by atoms with Gasteiger partial charge in [0.15, 0.2) is 0 Å². The summed E-state index contributed by atoms with van der Waals surface area (Å²) in [5.74, 6) is -0.842. The zero-order valence-corrected chi connectivity index (χ0v) is 9.27. The minimum absolute atomic E-state index is 0.283. The summed E-state index contributed by atoms with van der Waals surface area (Å²) in [7, 11) is 0. The molecule has 0 spiro atoms. The van der Waals surface area contributed by atoms with E-state index in [4.69, 9.17) is 5.11 Å². The van der Waals surface area contributed by atoms with E-state index < -0.39 is 18.1 Å². The quantitative estimate of drug-likeness (QED) is 0.559. The van der Waals surface area contributed by atoms with Crippen LogP contribution in [0.3, 0.4) is 0 Å². The van der Waals surface area contributed by atoms with E-state index in [2.05, 4.69) is 9.47 Å². The first-order valence-corrected chi connectivity index (χ1v) is 4.30. The van der Waals surface area contributed by atoms with E-state index in [1.165, 1.54) is 13.8 Å². The lowest BCUT2D eigenvalue weighted by atomic mass is 10.2. The standard InChI is InChI=1S/C5H10O3.C4H6O3/c1-4(2)3-8-5(6)7;1-3(5)7-4(2)6/h4H,3H2,1-2H3,(H,6,7);1-2H3. The van der Waals surface area contributed by atoms with Crippen LogP contribution in [0.2, 0.25) is 0 Å². The number of esters is 2. The van der Waals surface area contributed by atoms with Crippen LogP contribution in [0.1, 0.15) is 27.7 Å². The third-order valence-electron chi connectivity index (χ3n) is 0.828. The van der Waals surface area contributed by atoms with E-state index in [1.807, 2.05) is 13.8 Å². The second kappa shape index (κ2) is 8.98. The lowest BCUT2D eigenvalue weighted by molar-refractivity contribution is -0.156. The van der Waals surface area contributed by atoms with Crippen molar-refractivity contribution >= 4 is 18.1 Å². The van der Waals surface area contributed by atoms with Crippen LogP contribution >= 0.6 is 0 Å². The number of hydrogen-bond acceptors (Lipinski definition) is 5. The maximum atomic E-state index is 9.81. The summed E-state index contributed by atoms with van der Waals surface area (Å²) in [5.41, 5.74) is 0. The summed E-state index contributed by atoms with van der Waals surface area (Å²) in [6.07, 6.45) is -1.20. The molecule has 0 aliphatic carbocycles. The average Bonchev–Trinajstić information content (AvgIpc) is 1.99. The van der Waals surface area contributed by atoms with Crippen molar-refractivity contribution in [2.24, 2.45) is 5.92 Å². The van der Waals surface area contributed by atoms with Crippen LogP contribution in [-0.2, 0) is 19.1 Å². The Morgan fingerprint density at radius 1 is 1.13 bits per heavy atom. The Labute approximate surface area is 88.2 Å². The fourth-order valence-corrected chi connectivity index (χ4v) is 0.440. The minimum atomic E-state index is -1.20. The molecule has 88 valence electrons. The Bertz CT molecular complexity index is 209. The van der Waals surface area contributed by atoms with Crippen LogP contribution in [0.5, 0.6) is 0 Å². The van der Waals surface area contributed by atoms with Gasteiger partial charge in [-0.3, -0.25) is 9.59 Å². The molecule has 0 bridgehead atoms.